The van der Waals surface area contributed by atoms with Gasteiger partial charge in [0, 0.05) is 5.41 Å². The van der Waals surface area contributed by atoms with E-state index in [0.29, 0.717) is 0 Å². The highest BCUT2D eigenvalue weighted by Gasteiger charge is 2.35. The van der Waals surface area contributed by atoms with E-state index in [4.69, 9.17) is 0 Å². The van der Waals surface area contributed by atoms with Gasteiger partial charge in [0.1, 0.15) is 0 Å². The lowest BCUT2D eigenvalue weighted by molar-refractivity contribution is 0.652. The van der Waals surface area contributed by atoms with E-state index in [0.717, 1.165) is 0 Å². The number of hydrogen-bond donors (Lipinski definition) is 0. The predicted octanol–water partition coefficient (Wildman–Crippen LogP) is 8.61. The van der Waals surface area contributed by atoms with Crippen LogP contribution in [0.4, 0.5) is 0 Å². The highest BCUT2D eigenvalue weighted by Crippen LogP contribution is 2.52. The maximum atomic E-state index is 2.47. The van der Waals surface area contributed by atoms with Gasteiger partial charge < -0.3 is 0 Å². The van der Waals surface area contributed by atoms with Gasteiger partial charge >= 0.3 is 0 Å². The average molecular weight is 395 g/mol. The molecule has 1 aliphatic rings. The second-order valence-electron chi connectivity index (χ2n) is 9.41. The molecular weight excluding hydrogens is 372 g/mol. The third kappa shape index (κ3) is 2.15. The van der Waals surface area contributed by atoms with Crippen LogP contribution in [0.15, 0.2) is 97.1 Å². The van der Waals surface area contributed by atoms with Gasteiger partial charge in [-0.25, -0.2) is 0 Å². The van der Waals surface area contributed by atoms with Crippen molar-refractivity contribution >= 4 is 43.1 Å². The molecule has 0 atom stereocenters. The van der Waals surface area contributed by atoms with E-state index in [-0.39, 0.29) is 5.41 Å². The van der Waals surface area contributed by atoms with E-state index >= 15 is 0 Å². The molecule has 0 fully saturated rings. The maximum Gasteiger partial charge on any atom is 0.0165 e. The molecule has 31 heavy (non-hydrogen) atoms. The van der Waals surface area contributed by atoms with E-state index < -0.39 is 0 Å². The van der Waals surface area contributed by atoms with Crippen LogP contribution in [-0.4, -0.2) is 0 Å². The normalized spacial score (nSPS) is 14.4. The number of benzene rings is 6. The quantitative estimate of drug-likeness (QED) is 0.179. The molecule has 0 bridgehead atoms. The first-order valence-corrected chi connectivity index (χ1v) is 11.0. The summed E-state index contributed by atoms with van der Waals surface area (Å²) in [5, 5.41) is 10.7. The Morgan fingerprint density at radius 2 is 1.16 bits per heavy atom. The van der Waals surface area contributed by atoms with Gasteiger partial charge in [-0.05, 0) is 83.5 Å². The predicted molar refractivity (Wildman–Crippen MR) is 134 cm³/mol. The minimum absolute atomic E-state index is 0.0894. The highest BCUT2D eigenvalue weighted by molar-refractivity contribution is 6.15. The molecule has 0 N–H and O–H groups in total. The Hall–Kier alpha value is -3.64. The zero-order chi connectivity index (χ0) is 20.7. The van der Waals surface area contributed by atoms with Gasteiger partial charge in [0.05, 0.1) is 0 Å². The van der Waals surface area contributed by atoms with E-state index in [9.17, 15) is 0 Å². The summed E-state index contributed by atoms with van der Waals surface area (Å²) in [5.74, 6) is 0. The second-order valence-corrected chi connectivity index (χ2v) is 9.41. The fraction of sp³-hybridized carbons (Fsp3) is 0.0968. The monoisotopic (exact) mass is 394 g/mol. The molecule has 0 saturated carbocycles. The molecule has 0 unspecified atom stereocenters. The fourth-order valence-electron chi connectivity index (χ4n) is 5.93. The van der Waals surface area contributed by atoms with Gasteiger partial charge in [0.25, 0.3) is 0 Å². The molecule has 6 aromatic carbocycles. The van der Waals surface area contributed by atoms with Crippen molar-refractivity contribution in [3.8, 4) is 11.1 Å². The van der Waals surface area contributed by atoms with Crippen molar-refractivity contribution in [1.82, 2.24) is 0 Å². The molecule has 0 nitrogen and oxygen atoms in total. The largest absolute Gasteiger partial charge is 0.0616 e. The van der Waals surface area contributed by atoms with Crippen molar-refractivity contribution in [3.05, 3.63) is 108 Å². The van der Waals surface area contributed by atoms with Crippen molar-refractivity contribution < 1.29 is 0 Å². The summed E-state index contributed by atoms with van der Waals surface area (Å²) in [6, 6.07) is 36.2. The standard InChI is InChI=1S/C31H22/c1-31(2)28-18-26-21(15-14-19-8-3-5-11-23(19)26)17-27(28)25-13-7-10-22-16-20-9-4-6-12-24(20)30(31)29(22)25/h3-18H,1-2H3. The zero-order valence-corrected chi connectivity index (χ0v) is 17.7. The summed E-state index contributed by atoms with van der Waals surface area (Å²) in [6.07, 6.45) is 0. The van der Waals surface area contributed by atoms with Crippen LogP contribution in [0.3, 0.4) is 0 Å². The van der Waals surface area contributed by atoms with Crippen molar-refractivity contribution in [3.63, 3.8) is 0 Å². The van der Waals surface area contributed by atoms with E-state index in [1.807, 2.05) is 0 Å². The lowest BCUT2D eigenvalue weighted by Gasteiger charge is -2.36. The van der Waals surface area contributed by atoms with Crippen LogP contribution in [-0.2, 0) is 5.41 Å². The molecule has 0 spiro atoms. The van der Waals surface area contributed by atoms with Gasteiger partial charge in [-0.1, -0.05) is 92.7 Å². The summed E-state index contributed by atoms with van der Waals surface area (Å²) in [5.41, 5.74) is 5.54. The molecule has 0 heteroatoms. The van der Waals surface area contributed by atoms with Crippen LogP contribution >= 0.6 is 0 Å². The fourth-order valence-corrected chi connectivity index (χ4v) is 5.93. The van der Waals surface area contributed by atoms with Gasteiger partial charge in [0.15, 0.2) is 0 Å². The molecule has 0 amide bonds. The van der Waals surface area contributed by atoms with Gasteiger partial charge in [0.2, 0.25) is 0 Å². The molecule has 0 aromatic heterocycles. The summed E-state index contributed by atoms with van der Waals surface area (Å²) < 4.78 is 0. The summed E-state index contributed by atoms with van der Waals surface area (Å²) in [4.78, 5) is 0. The third-order valence-electron chi connectivity index (χ3n) is 7.36. The molecule has 146 valence electrons. The average Bonchev–Trinajstić information content (AvgIpc) is 2.80. The van der Waals surface area contributed by atoms with Crippen LogP contribution in [0, 0.1) is 0 Å². The molecule has 0 heterocycles. The molecule has 1 aliphatic carbocycles. The van der Waals surface area contributed by atoms with E-state index in [1.165, 1.54) is 65.3 Å². The first-order chi connectivity index (χ1) is 15.1. The maximum absolute atomic E-state index is 2.47. The lowest BCUT2D eigenvalue weighted by Crippen LogP contribution is -2.24. The van der Waals surface area contributed by atoms with Crippen LogP contribution in [0.1, 0.15) is 25.0 Å². The minimum Gasteiger partial charge on any atom is -0.0616 e. The zero-order valence-electron chi connectivity index (χ0n) is 17.7. The van der Waals surface area contributed by atoms with E-state index in [1.54, 1.807) is 0 Å². The summed E-state index contributed by atoms with van der Waals surface area (Å²) in [7, 11) is 0. The highest BCUT2D eigenvalue weighted by atomic mass is 14.4. The molecule has 0 saturated heterocycles. The van der Waals surface area contributed by atoms with Crippen LogP contribution in [0.2, 0.25) is 0 Å². The SMILES string of the molecule is CC1(C)c2cc3c(ccc4ccccc43)cc2-c2cccc3cc4ccccc4c1c23. The van der Waals surface area contributed by atoms with Gasteiger partial charge in [-0.15, -0.1) is 0 Å². The Kier molecular flexibility index (Phi) is 3.16. The summed E-state index contributed by atoms with van der Waals surface area (Å²) >= 11 is 0. The lowest BCUT2D eigenvalue weighted by atomic mass is 9.66. The van der Waals surface area contributed by atoms with Crippen molar-refractivity contribution in [2.24, 2.45) is 0 Å². The Morgan fingerprint density at radius 3 is 2.03 bits per heavy atom. The second kappa shape index (κ2) is 5.74. The smallest absolute Gasteiger partial charge is 0.0165 e. The Balaban J connectivity index is 1.71. The minimum atomic E-state index is -0.0894. The van der Waals surface area contributed by atoms with Gasteiger partial charge in [-0.2, -0.15) is 0 Å². The Morgan fingerprint density at radius 1 is 0.484 bits per heavy atom. The number of hydrogen-bond acceptors (Lipinski definition) is 0. The van der Waals surface area contributed by atoms with Crippen LogP contribution in [0.5, 0.6) is 0 Å². The molecular formula is C31H22. The van der Waals surface area contributed by atoms with Gasteiger partial charge in [-0.3, -0.25) is 0 Å². The molecule has 7 rings (SSSR count). The molecule has 0 radical (unpaired) electrons. The van der Waals surface area contributed by atoms with Crippen molar-refractivity contribution in [2.45, 2.75) is 19.3 Å². The van der Waals surface area contributed by atoms with Crippen molar-refractivity contribution in [1.29, 1.82) is 0 Å². The third-order valence-corrected chi connectivity index (χ3v) is 7.36. The Labute approximate surface area is 181 Å². The molecule has 0 aliphatic heterocycles. The topological polar surface area (TPSA) is 0 Å². The van der Waals surface area contributed by atoms with Crippen molar-refractivity contribution in [2.75, 3.05) is 0 Å². The number of rotatable bonds is 0. The Bertz CT molecular complexity index is 1700. The van der Waals surface area contributed by atoms with E-state index in [2.05, 4.69) is 111 Å². The first kappa shape index (κ1) is 17.1. The molecule has 6 aromatic rings. The van der Waals surface area contributed by atoms with Crippen LogP contribution < -0.4 is 0 Å². The van der Waals surface area contributed by atoms with Crippen LogP contribution in [0.25, 0.3) is 54.2 Å². The number of fused-ring (bicyclic) bond motifs is 7. The first-order valence-electron chi connectivity index (χ1n) is 11.0. The summed E-state index contributed by atoms with van der Waals surface area (Å²) in [6.45, 7) is 4.81.